The third-order valence-corrected chi connectivity index (χ3v) is 5.81. The molecule has 2 atom stereocenters. The minimum absolute atomic E-state index is 0.696. The Morgan fingerprint density at radius 2 is 1.63 bits per heavy atom. The van der Waals surface area contributed by atoms with Crippen LogP contribution in [-0.2, 0) is 0 Å². The van der Waals surface area contributed by atoms with Gasteiger partial charge >= 0.3 is 0 Å². The Hall–Kier alpha value is -0.0800. The average Bonchev–Trinajstić information content (AvgIpc) is 2.93. The van der Waals surface area contributed by atoms with Crippen molar-refractivity contribution in [3.8, 4) is 0 Å². The average molecular weight is 264 g/mol. The molecule has 19 heavy (non-hydrogen) atoms. The van der Waals surface area contributed by atoms with E-state index in [4.69, 9.17) is 0 Å². The van der Waals surface area contributed by atoms with Gasteiger partial charge in [-0.2, -0.15) is 0 Å². The van der Waals surface area contributed by atoms with Crippen LogP contribution >= 0.6 is 0 Å². The monoisotopic (exact) mass is 264 g/mol. The maximum atomic E-state index is 3.74. The fourth-order valence-corrected chi connectivity index (χ4v) is 4.72. The summed E-state index contributed by atoms with van der Waals surface area (Å²) in [4.78, 5) is 2.88. The van der Waals surface area contributed by atoms with Gasteiger partial charge in [0.15, 0.2) is 0 Å². The summed E-state index contributed by atoms with van der Waals surface area (Å²) >= 11 is 0. The Labute approximate surface area is 119 Å². The molecule has 2 unspecified atom stereocenters. The lowest BCUT2D eigenvalue weighted by Gasteiger charge is -2.45. The summed E-state index contributed by atoms with van der Waals surface area (Å²) in [6.45, 7) is 6.29. The van der Waals surface area contributed by atoms with E-state index in [0.29, 0.717) is 6.04 Å². The van der Waals surface area contributed by atoms with Crippen LogP contribution < -0.4 is 5.32 Å². The number of piperazine rings is 1. The van der Waals surface area contributed by atoms with Gasteiger partial charge in [-0.15, -0.1) is 0 Å². The van der Waals surface area contributed by atoms with Crippen molar-refractivity contribution in [1.82, 2.24) is 10.2 Å². The minimum Gasteiger partial charge on any atom is -0.311 e. The molecule has 1 N–H and O–H groups in total. The zero-order chi connectivity index (χ0) is 13.1. The molecule has 0 bridgehead atoms. The van der Waals surface area contributed by atoms with Crippen molar-refractivity contribution in [3.05, 3.63) is 0 Å². The summed E-state index contributed by atoms with van der Waals surface area (Å²) in [5.74, 6) is 1.99. The van der Waals surface area contributed by atoms with E-state index in [-0.39, 0.29) is 0 Å². The Kier molecular flexibility index (Phi) is 4.81. The van der Waals surface area contributed by atoms with Gasteiger partial charge in [0.2, 0.25) is 0 Å². The molecule has 3 fully saturated rings. The molecule has 0 aromatic rings. The highest BCUT2D eigenvalue weighted by atomic mass is 15.2. The predicted molar refractivity (Wildman–Crippen MR) is 81.4 cm³/mol. The topological polar surface area (TPSA) is 15.3 Å². The van der Waals surface area contributed by atoms with Crippen LogP contribution in [0.25, 0.3) is 0 Å². The highest BCUT2D eigenvalue weighted by Gasteiger charge is 2.34. The van der Waals surface area contributed by atoms with Crippen LogP contribution in [0, 0.1) is 11.8 Å². The van der Waals surface area contributed by atoms with Crippen LogP contribution in [0.5, 0.6) is 0 Å². The maximum absolute atomic E-state index is 3.74. The zero-order valence-corrected chi connectivity index (χ0v) is 12.7. The molecule has 1 saturated heterocycles. The smallest absolute Gasteiger partial charge is 0.0249 e. The fourth-order valence-electron chi connectivity index (χ4n) is 4.72. The second kappa shape index (κ2) is 6.58. The first-order valence-corrected chi connectivity index (χ1v) is 8.80. The van der Waals surface area contributed by atoms with E-state index in [1.54, 1.807) is 0 Å². The largest absolute Gasteiger partial charge is 0.311 e. The highest BCUT2D eigenvalue weighted by molar-refractivity contribution is 4.91. The van der Waals surface area contributed by atoms with E-state index in [1.807, 2.05) is 0 Å². The van der Waals surface area contributed by atoms with Gasteiger partial charge in [0.1, 0.15) is 0 Å². The summed E-state index contributed by atoms with van der Waals surface area (Å²) in [7, 11) is 0. The molecule has 1 aliphatic heterocycles. The van der Waals surface area contributed by atoms with Crippen molar-refractivity contribution in [2.24, 2.45) is 11.8 Å². The molecule has 110 valence electrons. The third kappa shape index (κ3) is 3.52. The van der Waals surface area contributed by atoms with E-state index >= 15 is 0 Å². The molecule has 2 heteroatoms. The first kappa shape index (κ1) is 13.9. The van der Waals surface area contributed by atoms with Gasteiger partial charge in [-0.25, -0.2) is 0 Å². The summed E-state index contributed by atoms with van der Waals surface area (Å²) in [6.07, 6.45) is 13.4. The van der Waals surface area contributed by atoms with Gasteiger partial charge in [0.25, 0.3) is 0 Å². The number of hydrogen-bond acceptors (Lipinski definition) is 2. The predicted octanol–water partition coefficient (Wildman–Crippen LogP) is 3.42. The lowest BCUT2D eigenvalue weighted by atomic mass is 9.82. The second-order valence-corrected chi connectivity index (χ2v) is 7.38. The van der Waals surface area contributed by atoms with Gasteiger partial charge in [0, 0.05) is 31.7 Å². The van der Waals surface area contributed by atoms with Crippen molar-refractivity contribution >= 4 is 0 Å². The van der Waals surface area contributed by atoms with E-state index in [1.165, 1.54) is 77.4 Å². The molecule has 2 saturated carbocycles. The number of rotatable bonds is 3. The normalized spacial score (nSPS) is 35.8. The van der Waals surface area contributed by atoms with E-state index in [0.717, 1.165) is 17.9 Å². The van der Waals surface area contributed by atoms with Crippen molar-refractivity contribution in [1.29, 1.82) is 0 Å². The molecule has 0 aromatic heterocycles. The third-order valence-electron chi connectivity index (χ3n) is 5.81. The van der Waals surface area contributed by atoms with Crippen molar-refractivity contribution in [3.63, 3.8) is 0 Å². The van der Waals surface area contributed by atoms with Crippen LogP contribution in [0.4, 0.5) is 0 Å². The van der Waals surface area contributed by atoms with Crippen LogP contribution in [0.1, 0.15) is 64.7 Å². The van der Waals surface area contributed by atoms with Crippen LogP contribution in [0.3, 0.4) is 0 Å². The maximum Gasteiger partial charge on any atom is 0.0249 e. The van der Waals surface area contributed by atoms with Crippen molar-refractivity contribution in [2.75, 3.05) is 19.6 Å². The summed E-state index contributed by atoms with van der Waals surface area (Å²) in [6, 6.07) is 1.54. The summed E-state index contributed by atoms with van der Waals surface area (Å²) in [5.41, 5.74) is 0. The molecule has 1 heterocycles. The standard InChI is InChI=1S/C17H32N2/c1-14-12-19(13-15-7-5-6-8-15)17(11-18-14)16-9-3-2-4-10-16/h14-18H,2-13H2,1H3. The highest BCUT2D eigenvalue weighted by Crippen LogP contribution is 2.32. The van der Waals surface area contributed by atoms with Gasteiger partial charge in [-0.3, -0.25) is 4.90 Å². The molecule has 3 aliphatic rings. The molecular weight excluding hydrogens is 232 g/mol. The molecular formula is C17H32N2. The van der Waals surface area contributed by atoms with Gasteiger partial charge < -0.3 is 5.32 Å². The number of hydrogen-bond donors (Lipinski definition) is 1. The SMILES string of the molecule is CC1CN(CC2CCCC2)C(C2CCCCC2)CN1. The van der Waals surface area contributed by atoms with Crippen LogP contribution in [0.15, 0.2) is 0 Å². The Morgan fingerprint density at radius 1 is 0.947 bits per heavy atom. The first-order chi connectivity index (χ1) is 9.33. The Balaban J connectivity index is 1.61. The van der Waals surface area contributed by atoms with Gasteiger partial charge in [-0.1, -0.05) is 32.1 Å². The molecule has 0 spiro atoms. The second-order valence-electron chi connectivity index (χ2n) is 7.38. The summed E-state index contributed by atoms with van der Waals surface area (Å²) < 4.78 is 0. The number of nitrogens with zero attached hydrogens (tertiary/aromatic N) is 1. The summed E-state index contributed by atoms with van der Waals surface area (Å²) in [5, 5.41) is 3.74. The van der Waals surface area contributed by atoms with Gasteiger partial charge in [0.05, 0.1) is 0 Å². The molecule has 0 amide bonds. The van der Waals surface area contributed by atoms with Crippen LogP contribution in [0.2, 0.25) is 0 Å². The molecule has 0 radical (unpaired) electrons. The molecule has 2 nitrogen and oxygen atoms in total. The van der Waals surface area contributed by atoms with Crippen LogP contribution in [-0.4, -0.2) is 36.6 Å². The lowest BCUT2D eigenvalue weighted by Crippen LogP contribution is -2.59. The molecule has 2 aliphatic carbocycles. The first-order valence-electron chi connectivity index (χ1n) is 8.80. The lowest BCUT2D eigenvalue weighted by molar-refractivity contribution is 0.0620. The van der Waals surface area contributed by atoms with Crippen molar-refractivity contribution < 1.29 is 0 Å². The fraction of sp³-hybridized carbons (Fsp3) is 1.00. The van der Waals surface area contributed by atoms with E-state index < -0.39 is 0 Å². The molecule has 0 aromatic carbocycles. The van der Waals surface area contributed by atoms with E-state index in [9.17, 15) is 0 Å². The molecule has 3 rings (SSSR count). The number of nitrogens with one attached hydrogen (secondary N) is 1. The minimum atomic E-state index is 0.696. The van der Waals surface area contributed by atoms with Gasteiger partial charge in [-0.05, 0) is 44.4 Å². The Bertz CT molecular complexity index is 266. The van der Waals surface area contributed by atoms with Crippen molar-refractivity contribution in [2.45, 2.75) is 76.8 Å². The quantitative estimate of drug-likeness (QED) is 0.840. The Morgan fingerprint density at radius 3 is 2.37 bits per heavy atom. The van der Waals surface area contributed by atoms with E-state index in [2.05, 4.69) is 17.1 Å². The zero-order valence-electron chi connectivity index (χ0n) is 12.7.